The Kier molecular flexibility index (Phi) is 4.63. The van der Waals surface area contributed by atoms with Crippen molar-refractivity contribution >= 4 is 17.4 Å². The van der Waals surface area contributed by atoms with Crippen molar-refractivity contribution in [2.75, 3.05) is 18.5 Å². The Morgan fingerprint density at radius 2 is 2.16 bits per heavy atom. The van der Waals surface area contributed by atoms with Gasteiger partial charge in [0.2, 0.25) is 0 Å². The lowest BCUT2D eigenvalue weighted by Crippen LogP contribution is -2.21. The highest BCUT2D eigenvalue weighted by atomic mass is 35.5. The van der Waals surface area contributed by atoms with E-state index in [-0.39, 0.29) is 0 Å². The van der Waals surface area contributed by atoms with E-state index in [1.807, 2.05) is 6.92 Å². The molecule has 5 heteroatoms. The number of hydrogen-bond donors (Lipinski definition) is 1. The monoisotopic (exact) mass is 283 g/mol. The van der Waals surface area contributed by atoms with E-state index >= 15 is 0 Å². The van der Waals surface area contributed by atoms with Gasteiger partial charge in [0.05, 0.1) is 0 Å². The number of hydrogen-bond acceptors (Lipinski definition) is 4. The predicted molar refractivity (Wildman–Crippen MR) is 77.4 cm³/mol. The zero-order valence-electron chi connectivity index (χ0n) is 11.9. The molecule has 0 saturated heterocycles. The van der Waals surface area contributed by atoms with Gasteiger partial charge in [0.15, 0.2) is 5.82 Å². The molecule has 0 atom stereocenters. The van der Waals surface area contributed by atoms with Gasteiger partial charge < -0.3 is 10.1 Å². The summed E-state index contributed by atoms with van der Waals surface area (Å²) in [7, 11) is 0. The van der Waals surface area contributed by atoms with Gasteiger partial charge in [0.1, 0.15) is 17.6 Å². The largest absolute Gasteiger partial charge is 0.374 e. The number of nitrogens with zero attached hydrogens (tertiary/aromatic N) is 2. The molecule has 0 amide bonds. The van der Waals surface area contributed by atoms with E-state index in [1.54, 1.807) is 6.07 Å². The van der Waals surface area contributed by atoms with Crippen molar-refractivity contribution in [3.05, 3.63) is 17.0 Å². The molecule has 1 aromatic rings. The van der Waals surface area contributed by atoms with E-state index in [2.05, 4.69) is 29.1 Å². The fourth-order valence-corrected chi connectivity index (χ4v) is 2.40. The molecule has 0 aliphatic heterocycles. The summed E-state index contributed by atoms with van der Waals surface area (Å²) in [5, 5.41) is 3.86. The highest BCUT2D eigenvalue weighted by molar-refractivity contribution is 6.29. The van der Waals surface area contributed by atoms with Crippen LogP contribution in [0, 0.1) is 11.3 Å². The molecular formula is C14H22ClN3O. The molecule has 1 aliphatic rings. The number of ether oxygens (including phenoxy) is 1. The van der Waals surface area contributed by atoms with Crippen molar-refractivity contribution in [1.82, 2.24) is 9.97 Å². The smallest absolute Gasteiger partial charge is 0.158 e. The summed E-state index contributed by atoms with van der Waals surface area (Å²) in [6.45, 7) is 8.51. The van der Waals surface area contributed by atoms with Crippen molar-refractivity contribution in [3.63, 3.8) is 0 Å². The van der Waals surface area contributed by atoms with Crippen molar-refractivity contribution in [3.8, 4) is 0 Å². The van der Waals surface area contributed by atoms with Crippen LogP contribution in [-0.4, -0.2) is 23.1 Å². The van der Waals surface area contributed by atoms with Crippen LogP contribution in [0.5, 0.6) is 0 Å². The summed E-state index contributed by atoms with van der Waals surface area (Å²) in [5.74, 6) is 2.12. The minimum Gasteiger partial charge on any atom is -0.374 e. The van der Waals surface area contributed by atoms with Crippen LogP contribution in [0.15, 0.2) is 6.07 Å². The van der Waals surface area contributed by atoms with E-state index in [1.165, 1.54) is 12.8 Å². The molecule has 0 spiro atoms. The molecule has 0 radical (unpaired) electrons. The highest BCUT2D eigenvalue weighted by Crippen LogP contribution is 2.51. The van der Waals surface area contributed by atoms with Crippen LogP contribution >= 0.6 is 11.6 Å². The minimum absolute atomic E-state index is 0.404. The first-order chi connectivity index (χ1) is 9.05. The molecule has 1 aliphatic carbocycles. The van der Waals surface area contributed by atoms with Crippen LogP contribution < -0.4 is 5.32 Å². The van der Waals surface area contributed by atoms with E-state index in [0.717, 1.165) is 12.4 Å². The van der Waals surface area contributed by atoms with Crippen molar-refractivity contribution in [2.24, 2.45) is 11.3 Å². The average molecular weight is 284 g/mol. The lowest BCUT2D eigenvalue weighted by molar-refractivity contribution is 0.128. The molecular weight excluding hydrogens is 262 g/mol. The molecule has 1 fully saturated rings. The Bertz CT molecular complexity index is 433. The zero-order chi connectivity index (χ0) is 13.9. The maximum Gasteiger partial charge on any atom is 0.158 e. The molecule has 1 N–H and O–H groups in total. The third kappa shape index (κ3) is 3.80. The third-order valence-electron chi connectivity index (χ3n) is 3.92. The fourth-order valence-electron chi connectivity index (χ4n) is 2.20. The molecule has 1 saturated carbocycles. The number of aromatic nitrogens is 2. The van der Waals surface area contributed by atoms with Gasteiger partial charge in [0, 0.05) is 19.2 Å². The highest BCUT2D eigenvalue weighted by Gasteiger charge is 2.44. The Hall–Kier alpha value is -0.870. The minimum atomic E-state index is 0.404. The zero-order valence-corrected chi connectivity index (χ0v) is 12.6. The Morgan fingerprint density at radius 1 is 1.42 bits per heavy atom. The first-order valence-corrected chi connectivity index (χ1v) is 7.28. The lowest BCUT2D eigenvalue weighted by atomic mass is 9.92. The van der Waals surface area contributed by atoms with E-state index < -0.39 is 0 Å². The first kappa shape index (κ1) is 14.5. The number of anilines is 1. The number of rotatable bonds is 7. The van der Waals surface area contributed by atoms with Gasteiger partial charge in [-0.1, -0.05) is 25.4 Å². The second-order valence-electron chi connectivity index (χ2n) is 5.50. The van der Waals surface area contributed by atoms with Gasteiger partial charge in [-0.05, 0) is 31.1 Å². The quantitative estimate of drug-likeness (QED) is 0.778. The standard InChI is InChI=1S/C14H22ClN3O/c1-4-19-8-13-17-11(15)7-12(18-13)16-9-14(5-6-14)10(2)3/h7,10H,4-6,8-9H2,1-3H3,(H,16,17,18). The Labute approximate surface area is 119 Å². The van der Waals surface area contributed by atoms with Crippen molar-refractivity contribution < 1.29 is 4.74 Å². The summed E-state index contributed by atoms with van der Waals surface area (Å²) in [5.41, 5.74) is 0.442. The van der Waals surface area contributed by atoms with E-state index in [9.17, 15) is 0 Å². The van der Waals surface area contributed by atoms with Crippen LogP contribution in [0.3, 0.4) is 0 Å². The summed E-state index contributed by atoms with van der Waals surface area (Å²) in [6, 6.07) is 1.77. The summed E-state index contributed by atoms with van der Waals surface area (Å²) < 4.78 is 5.31. The predicted octanol–water partition coefficient (Wildman–Crippen LogP) is 3.51. The maximum atomic E-state index is 6.01. The third-order valence-corrected chi connectivity index (χ3v) is 4.11. The van der Waals surface area contributed by atoms with Gasteiger partial charge in [0.25, 0.3) is 0 Å². The first-order valence-electron chi connectivity index (χ1n) is 6.91. The molecule has 0 unspecified atom stereocenters. The van der Waals surface area contributed by atoms with Gasteiger partial charge in [-0.3, -0.25) is 0 Å². The molecule has 1 aromatic heterocycles. The van der Waals surface area contributed by atoms with Crippen LogP contribution in [0.2, 0.25) is 5.15 Å². The summed E-state index contributed by atoms with van der Waals surface area (Å²) in [4.78, 5) is 8.59. The van der Waals surface area contributed by atoms with E-state index in [4.69, 9.17) is 16.3 Å². The van der Waals surface area contributed by atoms with Crippen molar-refractivity contribution in [1.29, 1.82) is 0 Å². The topological polar surface area (TPSA) is 47.0 Å². The van der Waals surface area contributed by atoms with Gasteiger partial charge >= 0.3 is 0 Å². The molecule has 0 bridgehead atoms. The van der Waals surface area contributed by atoms with Gasteiger partial charge in [-0.15, -0.1) is 0 Å². The Morgan fingerprint density at radius 3 is 2.74 bits per heavy atom. The van der Waals surface area contributed by atoms with Crippen LogP contribution in [-0.2, 0) is 11.3 Å². The van der Waals surface area contributed by atoms with Crippen molar-refractivity contribution in [2.45, 2.75) is 40.2 Å². The molecule has 19 heavy (non-hydrogen) atoms. The molecule has 106 valence electrons. The molecule has 4 nitrogen and oxygen atoms in total. The number of halogens is 1. The lowest BCUT2D eigenvalue weighted by Gasteiger charge is -2.20. The SMILES string of the molecule is CCOCc1nc(Cl)cc(NCC2(C(C)C)CC2)n1. The summed E-state index contributed by atoms with van der Waals surface area (Å²) >= 11 is 6.01. The summed E-state index contributed by atoms with van der Waals surface area (Å²) in [6.07, 6.45) is 2.59. The molecule has 0 aromatic carbocycles. The van der Waals surface area contributed by atoms with E-state index in [0.29, 0.717) is 35.5 Å². The second kappa shape index (κ2) is 6.06. The fraction of sp³-hybridized carbons (Fsp3) is 0.714. The van der Waals surface area contributed by atoms with Crippen LogP contribution in [0.1, 0.15) is 39.4 Å². The number of nitrogens with one attached hydrogen (secondary N) is 1. The second-order valence-corrected chi connectivity index (χ2v) is 5.89. The van der Waals surface area contributed by atoms with Gasteiger partial charge in [-0.25, -0.2) is 9.97 Å². The maximum absolute atomic E-state index is 6.01. The molecule has 2 rings (SSSR count). The Balaban J connectivity index is 1.98. The van der Waals surface area contributed by atoms with Gasteiger partial charge in [-0.2, -0.15) is 0 Å². The average Bonchev–Trinajstić information content (AvgIpc) is 3.14. The van der Waals surface area contributed by atoms with Crippen LogP contribution in [0.4, 0.5) is 5.82 Å². The van der Waals surface area contributed by atoms with Crippen LogP contribution in [0.25, 0.3) is 0 Å². The normalized spacial score (nSPS) is 16.7. The molecule has 1 heterocycles.